The minimum Gasteiger partial charge on any atom is -0.478 e. The molecule has 0 unspecified atom stereocenters. The summed E-state index contributed by atoms with van der Waals surface area (Å²) in [4.78, 5) is 29.1. The number of piperidine rings is 1. The van der Waals surface area contributed by atoms with E-state index in [1.54, 1.807) is 19.1 Å². The van der Waals surface area contributed by atoms with Crippen molar-refractivity contribution < 1.29 is 14.7 Å². The molecule has 1 amide bonds. The van der Waals surface area contributed by atoms with Gasteiger partial charge in [-0.2, -0.15) is 0 Å². The lowest BCUT2D eigenvalue weighted by Crippen LogP contribution is -2.62. The van der Waals surface area contributed by atoms with Crippen LogP contribution in [0.2, 0.25) is 0 Å². The van der Waals surface area contributed by atoms with Crippen LogP contribution < -0.4 is 0 Å². The number of benzene rings is 2. The highest BCUT2D eigenvalue weighted by atomic mass is 16.4. The molecular formula is C27H32N2O3. The lowest BCUT2D eigenvalue weighted by atomic mass is 9.64. The van der Waals surface area contributed by atoms with E-state index in [-0.39, 0.29) is 17.4 Å². The first-order valence-electron chi connectivity index (χ1n) is 11.8. The SMILES string of the molecule is CC(=O)N1[C@H](Cc2ccccc2)[C@@H]2C[C@@]3(C)[C@H](CCC[C@@H]13)N2Cc1ccc(C(=O)O)cc1. The molecule has 3 aliphatic rings. The Bertz CT molecular complexity index is 1010. The molecule has 1 aliphatic carbocycles. The maximum atomic E-state index is 13.0. The van der Waals surface area contributed by atoms with Crippen LogP contribution in [0.15, 0.2) is 54.6 Å². The summed E-state index contributed by atoms with van der Waals surface area (Å²) < 4.78 is 0. The summed E-state index contributed by atoms with van der Waals surface area (Å²) in [5.74, 6) is -0.698. The van der Waals surface area contributed by atoms with Gasteiger partial charge in [-0.05, 0) is 55.4 Å². The highest BCUT2D eigenvalue weighted by Gasteiger charge is 2.62. The van der Waals surface area contributed by atoms with E-state index in [4.69, 9.17) is 0 Å². The number of aromatic carboxylic acids is 1. The van der Waals surface area contributed by atoms with Gasteiger partial charge >= 0.3 is 5.97 Å². The van der Waals surface area contributed by atoms with Crippen LogP contribution in [0.5, 0.6) is 0 Å². The number of carbonyl (C=O) groups is 2. The van der Waals surface area contributed by atoms with E-state index >= 15 is 0 Å². The number of hydrogen-bond acceptors (Lipinski definition) is 3. The van der Waals surface area contributed by atoms with Gasteiger partial charge in [0.1, 0.15) is 0 Å². The number of carbonyl (C=O) groups excluding carboxylic acids is 1. The average molecular weight is 433 g/mol. The molecule has 5 rings (SSSR count). The Morgan fingerprint density at radius 1 is 1.00 bits per heavy atom. The minimum absolute atomic E-state index is 0.114. The first-order valence-corrected chi connectivity index (χ1v) is 11.8. The second kappa shape index (κ2) is 8.04. The van der Waals surface area contributed by atoms with Gasteiger partial charge in [0.15, 0.2) is 0 Å². The molecule has 2 bridgehead atoms. The van der Waals surface area contributed by atoms with Gasteiger partial charge in [0, 0.05) is 37.0 Å². The number of carboxylic acid groups (broad SMARTS) is 1. The van der Waals surface area contributed by atoms with Crippen molar-refractivity contribution in [2.24, 2.45) is 5.41 Å². The Kier molecular flexibility index (Phi) is 5.32. The third-order valence-electron chi connectivity index (χ3n) is 8.31. The topological polar surface area (TPSA) is 60.9 Å². The number of likely N-dealkylation sites (tertiary alicyclic amines) is 2. The number of hydrogen-bond donors (Lipinski definition) is 1. The van der Waals surface area contributed by atoms with E-state index in [1.807, 2.05) is 18.2 Å². The summed E-state index contributed by atoms with van der Waals surface area (Å²) in [6.07, 6.45) is 5.40. The number of carboxylic acids is 1. The zero-order valence-corrected chi connectivity index (χ0v) is 18.9. The van der Waals surface area contributed by atoms with Crippen LogP contribution in [0.1, 0.15) is 61.0 Å². The number of amides is 1. The molecule has 0 radical (unpaired) electrons. The first-order chi connectivity index (χ1) is 15.4. The number of rotatable bonds is 5. The summed E-state index contributed by atoms with van der Waals surface area (Å²) in [5, 5.41) is 9.24. The van der Waals surface area contributed by atoms with Crippen LogP contribution in [0.3, 0.4) is 0 Å². The van der Waals surface area contributed by atoms with Crippen LogP contribution in [0.4, 0.5) is 0 Å². The molecule has 0 aromatic heterocycles. The summed E-state index contributed by atoms with van der Waals surface area (Å²) in [6.45, 7) is 4.94. The van der Waals surface area contributed by atoms with E-state index in [0.29, 0.717) is 23.7 Å². The molecule has 1 saturated carbocycles. The second-order valence-electron chi connectivity index (χ2n) is 10.1. The smallest absolute Gasteiger partial charge is 0.335 e. The van der Waals surface area contributed by atoms with Gasteiger partial charge < -0.3 is 10.0 Å². The lowest BCUT2D eigenvalue weighted by Gasteiger charge is -2.53. The monoisotopic (exact) mass is 432 g/mol. The second-order valence-corrected chi connectivity index (χ2v) is 10.1. The van der Waals surface area contributed by atoms with Crippen molar-refractivity contribution in [3.05, 3.63) is 71.3 Å². The van der Waals surface area contributed by atoms with Crippen LogP contribution in [-0.4, -0.2) is 51.0 Å². The van der Waals surface area contributed by atoms with Crippen molar-refractivity contribution in [2.45, 2.75) is 76.7 Å². The minimum atomic E-state index is -0.892. The van der Waals surface area contributed by atoms with Gasteiger partial charge in [-0.15, -0.1) is 0 Å². The summed E-state index contributed by atoms with van der Waals surface area (Å²) >= 11 is 0. The fourth-order valence-corrected chi connectivity index (χ4v) is 6.97. The molecule has 2 aromatic rings. The van der Waals surface area contributed by atoms with Crippen LogP contribution in [0, 0.1) is 5.41 Å². The Morgan fingerprint density at radius 2 is 1.69 bits per heavy atom. The van der Waals surface area contributed by atoms with E-state index in [1.165, 1.54) is 12.0 Å². The predicted molar refractivity (Wildman–Crippen MR) is 123 cm³/mol. The first kappa shape index (κ1) is 21.2. The quantitative estimate of drug-likeness (QED) is 0.763. The van der Waals surface area contributed by atoms with Crippen molar-refractivity contribution in [3.63, 3.8) is 0 Å². The molecule has 5 nitrogen and oxygen atoms in total. The van der Waals surface area contributed by atoms with Crippen molar-refractivity contribution >= 4 is 11.9 Å². The van der Waals surface area contributed by atoms with Crippen LogP contribution >= 0.6 is 0 Å². The van der Waals surface area contributed by atoms with Gasteiger partial charge in [0.25, 0.3) is 0 Å². The van der Waals surface area contributed by atoms with E-state index in [2.05, 4.69) is 41.0 Å². The third kappa shape index (κ3) is 3.43. The molecule has 2 aliphatic heterocycles. The van der Waals surface area contributed by atoms with Crippen LogP contribution in [0.25, 0.3) is 0 Å². The Morgan fingerprint density at radius 3 is 2.34 bits per heavy atom. The maximum Gasteiger partial charge on any atom is 0.335 e. The molecule has 1 N–H and O–H groups in total. The Hall–Kier alpha value is -2.66. The Labute approximate surface area is 190 Å². The molecule has 168 valence electrons. The fraction of sp³-hybridized carbons (Fsp3) is 0.481. The Balaban J connectivity index is 1.51. The number of nitrogens with zero attached hydrogens (tertiary/aromatic N) is 2. The van der Waals surface area contributed by atoms with Crippen molar-refractivity contribution in [1.29, 1.82) is 0 Å². The zero-order valence-electron chi connectivity index (χ0n) is 18.9. The largest absolute Gasteiger partial charge is 0.478 e. The molecule has 32 heavy (non-hydrogen) atoms. The molecule has 2 heterocycles. The lowest BCUT2D eigenvalue weighted by molar-refractivity contribution is -0.142. The molecule has 0 spiro atoms. The summed E-state index contributed by atoms with van der Waals surface area (Å²) in [7, 11) is 0. The standard InChI is InChI=1S/C27H32N2O3/c1-18(30)29-22(15-19-7-4-3-5-8-19)23-16-27(2)24(9-6-10-25(27)29)28(23)17-20-11-13-21(14-12-20)26(31)32/h3-5,7-8,11-14,22-25H,6,9-10,15-17H2,1-2H3,(H,31,32)/t22-,23+,24+,25-,27+/m1/s1. The van der Waals surface area contributed by atoms with Crippen molar-refractivity contribution in [2.75, 3.05) is 0 Å². The van der Waals surface area contributed by atoms with Crippen molar-refractivity contribution in [1.82, 2.24) is 9.80 Å². The van der Waals surface area contributed by atoms with Crippen molar-refractivity contribution in [3.8, 4) is 0 Å². The molecule has 5 heteroatoms. The molecule has 5 atom stereocenters. The van der Waals surface area contributed by atoms with Gasteiger partial charge in [0.2, 0.25) is 5.91 Å². The zero-order chi connectivity index (χ0) is 22.5. The molecule has 3 fully saturated rings. The fourth-order valence-electron chi connectivity index (χ4n) is 6.97. The van der Waals surface area contributed by atoms with Gasteiger partial charge in [-0.1, -0.05) is 49.4 Å². The summed E-state index contributed by atoms with van der Waals surface area (Å²) in [6, 6.07) is 19.1. The third-order valence-corrected chi connectivity index (χ3v) is 8.31. The van der Waals surface area contributed by atoms with Gasteiger partial charge in [-0.25, -0.2) is 4.79 Å². The van der Waals surface area contributed by atoms with Crippen LogP contribution in [-0.2, 0) is 17.8 Å². The molecule has 2 aromatic carbocycles. The molecular weight excluding hydrogens is 400 g/mol. The maximum absolute atomic E-state index is 13.0. The highest BCUT2D eigenvalue weighted by Crippen LogP contribution is 2.56. The molecule has 2 saturated heterocycles. The predicted octanol–water partition coefficient (Wildman–Crippen LogP) is 4.36. The number of fused-ring (bicyclic) bond motifs is 1. The normalized spacial score (nSPS) is 31.5. The van der Waals surface area contributed by atoms with Gasteiger partial charge in [0.05, 0.1) is 11.6 Å². The van der Waals surface area contributed by atoms with E-state index < -0.39 is 5.97 Å². The summed E-state index contributed by atoms with van der Waals surface area (Å²) in [5.41, 5.74) is 2.85. The highest BCUT2D eigenvalue weighted by molar-refractivity contribution is 5.87. The van der Waals surface area contributed by atoms with E-state index in [0.717, 1.165) is 37.8 Å². The average Bonchev–Trinajstić information content (AvgIpc) is 3.06. The van der Waals surface area contributed by atoms with Gasteiger partial charge in [-0.3, -0.25) is 9.69 Å². The van der Waals surface area contributed by atoms with E-state index in [9.17, 15) is 14.7 Å².